The van der Waals surface area contributed by atoms with Crippen LogP contribution in [0, 0.1) is 0 Å². The summed E-state index contributed by atoms with van der Waals surface area (Å²) in [6.45, 7) is 3.82. The number of carboxylic acids is 1. The number of aryl methyl sites for hydroxylation is 1. The first-order valence-corrected chi connectivity index (χ1v) is 7.81. The van der Waals surface area contributed by atoms with Crippen molar-refractivity contribution in [1.29, 1.82) is 0 Å². The standard InChI is InChI=1S/C17H21N3O4/c1-12(2)17-18-14(24-19-17)8-9-15(21)20(11-16(22)23)10-13-6-4-3-5-7-13/h3-7,12H,8-11H2,1-2H3,(H,22,23). The Morgan fingerprint density at radius 3 is 2.54 bits per heavy atom. The Kier molecular flexibility index (Phi) is 6.06. The van der Waals surface area contributed by atoms with Gasteiger partial charge in [-0.2, -0.15) is 4.98 Å². The summed E-state index contributed by atoms with van der Waals surface area (Å²) in [5.74, 6) is -0.157. The molecule has 2 rings (SSSR count). The third-order valence-corrected chi connectivity index (χ3v) is 3.45. The minimum Gasteiger partial charge on any atom is -0.480 e. The average molecular weight is 331 g/mol. The van der Waals surface area contributed by atoms with E-state index in [1.165, 1.54) is 4.90 Å². The second kappa shape index (κ2) is 8.24. The lowest BCUT2D eigenvalue weighted by atomic mass is 10.2. The molecule has 0 aliphatic carbocycles. The van der Waals surface area contributed by atoms with E-state index in [0.29, 0.717) is 18.1 Å². The summed E-state index contributed by atoms with van der Waals surface area (Å²) in [4.78, 5) is 28.9. The lowest BCUT2D eigenvalue weighted by Crippen LogP contribution is -2.35. The quantitative estimate of drug-likeness (QED) is 0.797. The van der Waals surface area contributed by atoms with Crippen LogP contribution in [0.15, 0.2) is 34.9 Å². The largest absolute Gasteiger partial charge is 0.480 e. The SMILES string of the molecule is CC(C)c1noc(CCC(=O)N(CC(=O)O)Cc2ccccc2)n1. The van der Waals surface area contributed by atoms with Gasteiger partial charge in [0.15, 0.2) is 5.82 Å². The summed E-state index contributed by atoms with van der Waals surface area (Å²) >= 11 is 0. The molecule has 0 radical (unpaired) electrons. The van der Waals surface area contributed by atoms with Crippen LogP contribution in [0.4, 0.5) is 0 Å². The zero-order valence-corrected chi connectivity index (χ0v) is 13.8. The van der Waals surface area contributed by atoms with Crippen molar-refractivity contribution in [2.45, 2.75) is 39.2 Å². The molecule has 0 bridgehead atoms. The van der Waals surface area contributed by atoms with E-state index in [1.54, 1.807) is 0 Å². The predicted molar refractivity (Wildman–Crippen MR) is 86.2 cm³/mol. The summed E-state index contributed by atoms with van der Waals surface area (Å²) in [6, 6.07) is 9.29. The van der Waals surface area contributed by atoms with E-state index in [1.807, 2.05) is 44.2 Å². The molecule has 2 aromatic rings. The molecule has 7 nitrogen and oxygen atoms in total. The van der Waals surface area contributed by atoms with E-state index >= 15 is 0 Å². The molecule has 1 N–H and O–H groups in total. The fourth-order valence-corrected chi connectivity index (χ4v) is 2.18. The number of amides is 1. The van der Waals surface area contributed by atoms with E-state index in [9.17, 15) is 9.59 Å². The number of benzene rings is 1. The van der Waals surface area contributed by atoms with Crippen molar-refractivity contribution in [2.75, 3.05) is 6.54 Å². The molecule has 1 heterocycles. The Balaban J connectivity index is 1.97. The van der Waals surface area contributed by atoms with Crippen LogP contribution in [-0.4, -0.2) is 38.6 Å². The highest BCUT2D eigenvalue weighted by molar-refractivity contribution is 5.81. The van der Waals surface area contributed by atoms with Crippen LogP contribution in [0.25, 0.3) is 0 Å². The highest BCUT2D eigenvalue weighted by Gasteiger charge is 2.18. The zero-order valence-electron chi connectivity index (χ0n) is 13.8. The first kappa shape index (κ1) is 17.7. The second-order valence-electron chi connectivity index (χ2n) is 5.83. The number of carbonyl (C=O) groups excluding carboxylic acids is 1. The van der Waals surface area contributed by atoms with Crippen LogP contribution in [-0.2, 0) is 22.6 Å². The normalized spacial score (nSPS) is 10.8. The fourth-order valence-electron chi connectivity index (χ4n) is 2.18. The number of rotatable bonds is 8. The molecule has 7 heteroatoms. The van der Waals surface area contributed by atoms with E-state index in [0.717, 1.165) is 5.56 Å². The van der Waals surface area contributed by atoms with Gasteiger partial charge < -0.3 is 14.5 Å². The van der Waals surface area contributed by atoms with E-state index in [2.05, 4.69) is 10.1 Å². The van der Waals surface area contributed by atoms with Crippen LogP contribution in [0.5, 0.6) is 0 Å². The van der Waals surface area contributed by atoms with Gasteiger partial charge in [0, 0.05) is 25.3 Å². The van der Waals surface area contributed by atoms with Crippen LogP contribution in [0.2, 0.25) is 0 Å². The number of hydrogen-bond donors (Lipinski definition) is 1. The molecule has 0 atom stereocenters. The maximum Gasteiger partial charge on any atom is 0.323 e. The molecular weight excluding hydrogens is 310 g/mol. The van der Waals surface area contributed by atoms with Crippen molar-refractivity contribution in [2.24, 2.45) is 0 Å². The van der Waals surface area contributed by atoms with Crippen molar-refractivity contribution in [3.05, 3.63) is 47.6 Å². The monoisotopic (exact) mass is 331 g/mol. The van der Waals surface area contributed by atoms with Crippen molar-refractivity contribution in [1.82, 2.24) is 15.0 Å². The van der Waals surface area contributed by atoms with Crippen LogP contribution in [0.3, 0.4) is 0 Å². The van der Waals surface area contributed by atoms with Crippen molar-refractivity contribution < 1.29 is 19.2 Å². The highest BCUT2D eigenvalue weighted by Crippen LogP contribution is 2.12. The summed E-state index contributed by atoms with van der Waals surface area (Å²) in [5.41, 5.74) is 0.881. The van der Waals surface area contributed by atoms with Gasteiger partial charge in [0.05, 0.1) is 0 Å². The molecule has 0 fully saturated rings. The van der Waals surface area contributed by atoms with E-state index in [-0.39, 0.29) is 31.3 Å². The first-order valence-electron chi connectivity index (χ1n) is 7.81. The van der Waals surface area contributed by atoms with Gasteiger partial charge in [0.2, 0.25) is 11.8 Å². The third-order valence-electron chi connectivity index (χ3n) is 3.45. The molecule has 0 saturated carbocycles. The van der Waals surface area contributed by atoms with Gasteiger partial charge in [0.1, 0.15) is 6.54 Å². The predicted octanol–water partition coefficient (Wildman–Crippen LogP) is 2.24. The highest BCUT2D eigenvalue weighted by atomic mass is 16.5. The number of carbonyl (C=O) groups is 2. The minimum absolute atomic E-state index is 0.125. The van der Waals surface area contributed by atoms with Crippen LogP contribution < -0.4 is 0 Å². The second-order valence-corrected chi connectivity index (χ2v) is 5.83. The van der Waals surface area contributed by atoms with Crippen molar-refractivity contribution >= 4 is 11.9 Å². The maximum absolute atomic E-state index is 12.4. The maximum atomic E-state index is 12.4. The molecule has 0 unspecified atom stereocenters. The Labute approximate surface area is 140 Å². The summed E-state index contributed by atoms with van der Waals surface area (Å²) in [5, 5.41) is 12.9. The number of aliphatic carboxylic acids is 1. The Bertz CT molecular complexity index is 682. The van der Waals surface area contributed by atoms with Crippen molar-refractivity contribution in [3.8, 4) is 0 Å². The Hall–Kier alpha value is -2.70. The molecule has 24 heavy (non-hydrogen) atoms. The molecule has 128 valence electrons. The summed E-state index contributed by atoms with van der Waals surface area (Å²) < 4.78 is 5.11. The van der Waals surface area contributed by atoms with Gasteiger partial charge in [-0.15, -0.1) is 0 Å². The number of carboxylic acid groups (broad SMARTS) is 1. The van der Waals surface area contributed by atoms with Gasteiger partial charge in [-0.05, 0) is 5.56 Å². The van der Waals surface area contributed by atoms with Crippen LogP contribution in [0.1, 0.15) is 43.5 Å². The molecule has 0 aliphatic heterocycles. The minimum atomic E-state index is -1.04. The summed E-state index contributed by atoms with van der Waals surface area (Å²) in [7, 11) is 0. The molecule has 1 aromatic heterocycles. The molecule has 0 spiro atoms. The van der Waals surface area contributed by atoms with Gasteiger partial charge in [-0.3, -0.25) is 9.59 Å². The van der Waals surface area contributed by atoms with Gasteiger partial charge in [-0.25, -0.2) is 0 Å². The topological polar surface area (TPSA) is 96.5 Å². The van der Waals surface area contributed by atoms with Gasteiger partial charge in [-0.1, -0.05) is 49.3 Å². The molecular formula is C17H21N3O4. The zero-order chi connectivity index (χ0) is 17.5. The smallest absolute Gasteiger partial charge is 0.323 e. The van der Waals surface area contributed by atoms with Crippen LogP contribution >= 0.6 is 0 Å². The third kappa shape index (κ3) is 5.19. The van der Waals surface area contributed by atoms with Gasteiger partial charge >= 0.3 is 5.97 Å². The first-order chi connectivity index (χ1) is 11.5. The Morgan fingerprint density at radius 2 is 1.96 bits per heavy atom. The van der Waals surface area contributed by atoms with E-state index < -0.39 is 5.97 Å². The lowest BCUT2D eigenvalue weighted by molar-refractivity contribution is -0.144. The molecule has 1 amide bonds. The number of nitrogens with zero attached hydrogens (tertiary/aromatic N) is 3. The summed E-state index contributed by atoms with van der Waals surface area (Å²) in [6.07, 6.45) is 0.420. The van der Waals surface area contributed by atoms with Gasteiger partial charge in [0.25, 0.3) is 0 Å². The Morgan fingerprint density at radius 1 is 1.25 bits per heavy atom. The number of hydrogen-bond acceptors (Lipinski definition) is 5. The average Bonchev–Trinajstić information content (AvgIpc) is 3.02. The molecule has 0 aliphatic rings. The molecule has 0 saturated heterocycles. The molecule has 1 aromatic carbocycles. The van der Waals surface area contributed by atoms with Crippen molar-refractivity contribution in [3.63, 3.8) is 0 Å². The van der Waals surface area contributed by atoms with E-state index in [4.69, 9.17) is 9.63 Å². The fraction of sp³-hybridized carbons (Fsp3) is 0.412. The lowest BCUT2D eigenvalue weighted by Gasteiger charge is -2.20. The number of aromatic nitrogens is 2.